The van der Waals surface area contributed by atoms with Crippen molar-refractivity contribution >= 4 is 16.5 Å². The van der Waals surface area contributed by atoms with Crippen LogP contribution in [0.15, 0.2) is 24.4 Å². The highest BCUT2D eigenvalue weighted by molar-refractivity contribution is 7.71. The summed E-state index contributed by atoms with van der Waals surface area (Å²) < 4.78 is 36.0. The van der Waals surface area contributed by atoms with Crippen molar-refractivity contribution < 1.29 is 12.8 Å². The Balaban J connectivity index is 1.69. The summed E-state index contributed by atoms with van der Waals surface area (Å²) in [6.45, 7) is 5.87. The molecule has 2 aromatic rings. The fourth-order valence-corrected chi connectivity index (χ4v) is 4.08. The number of anilines is 1. The molecule has 0 unspecified atom stereocenters. The van der Waals surface area contributed by atoms with Gasteiger partial charge in [-0.15, -0.1) is 0 Å². The van der Waals surface area contributed by atoms with Crippen molar-refractivity contribution in [3.05, 3.63) is 58.5 Å². The van der Waals surface area contributed by atoms with Gasteiger partial charge in [-0.05, 0) is 54.4 Å². The molecule has 0 bridgehead atoms. The average molecular weight is 375 g/mol. The Hall–Kier alpha value is -1.95. The van der Waals surface area contributed by atoms with Crippen LogP contribution in [0.25, 0.3) is 0 Å². The van der Waals surface area contributed by atoms with Crippen molar-refractivity contribution in [3.8, 4) is 0 Å². The largest absolute Gasteiger partial charge is 0.356 e. The summed E-state index contributed by atoms with van der Waals surface area (Å²) in [5.41, 5.74) is 3.44. The van der Waals surface area contributed by atoms with Crippen LogP contribution in [0.1, 0.15) is 47.9 Å². The molecular weight excluding hydrogens is 351 g/mol. The molecule has 0 N–H and O–H groups in total. The maximum absolute atomic E-state index is 14.4. The Labute approximate surface area is 156 Å². The van der Waals surface area contributed by atoms with E-state index in [4.69, 9.17) is 0 Å². The van der Waals surface area contributed by atoms with E-state index in [-0.39, 0.29) is 11.7 Å². The smallest absolute Gasteiger partial charge is 0.144 e. The summed E-state index contributed by atoms with van der Waals surface area (Å²) in [4.78, 5) is 6.88. The quantitative estimate of drug-likeness (QED) is 0.814. The van der Waals surface area contributed by atoms with Crippen molar-refractivity contribution in [1.82, 2.24) is 4.98 Å². The molecule has 1 aromatic carbocycles. The van der Waals surface area contributed by atoms with Crippen molar-refractivity contribution in [2.75, 3.05) is 18.0 Å². The van der Waals surface area contributed by atoms with Gasteiger partial charge in [-0.3, -0.25) is 0 Å². The Morgan fingerprint density at radius 3 is 2.62 bits per heavy atom. The van der Waals surface area contributed by atoms with Crippen LogP contribution in [-0.4, -0.2) is 26.5 Å². The molecule has 2 heterocycles. The van der Waals surface area contributed by atoms with Gasteiger partial charge in [0.2, 0.25) is 0 Å². The van der Waals surface area contributed by atoms with E-state index in [1.165, 1.54) is 11.1 Å². The lowest BCUT2D eigenvalue weighted by atomic mass is 9.88. The van der Waals surface area contributed by atoms with Gasteiger partial charge in [0.1, 0.15) is 22.3 Å². The molecule has 3 rings (SSSR count). The highest BCUT2D eigenvalue weighted by Gasteiger charge is 2.24. The Bertz CT molecular complexity index is 851. The number of pyridine rings is 1. The van der Waals surface area contributed by atoms with Gasteiger partial charge in [0.15, 0.2) is 0 Å². The van der Waals surface area contributed by atoms with Crippen LogP contribution < -0.4 is 4.90 Å². The summed E-state index contributed by atoms with van der Waals surface area (Å²) in [7, 11) is -2.56. The lowest BCUT2D eigenvalue weighted by molar-refractivity contribution is 0.478. The molecule has 139 valence electrons. The summed E-state index contributed by atoms with van der Waals surface area (Å²) in [6.07, 6.45) is 4.60. The molecule has 0 saturated carbocycles. The second-order valence-electron chi connectivity index (χ2n) is 6.84. The van der Waals surface area contributed by atoms with Gasteiger partial charge in [0.25, 0.3) is 0 Å². The van der Waals surface area contributed by atoms with E-state index in [1.54, 1.807) is 12.1 Å². The molecule has 1 aliphatic rings. The first-order valence-electron chi connectivity index (χ1n) is 9.00. The second-order valence-corrected chi connectivity index (χ2v) is 7.82. The van der Waals surface area contributed by atoms with Crippen LogP contribution in [0.3, 0.4) is 0 Å². The molecule has 0 aliphatic carbocycles. The number of hydrogen-bond donors (Lipinski definition) is 1. The molecule has 6 heteroatoms. The third-order valence-corrected chi connectivity index (χ3v) is 5.64. The van der Waals surface area contributed by atoms with Gasteiger partial charge in [0, 0.05) is 25.4 Å². The van der Waals surface area contributed by atoms with Crippen molar-refractivity contribution in [2.45, 2.75) is 44.8 Å². The standard InChI is InChI=1S/C20H24FN2O2S/c1-3-15-10-14(2)20(22-12-15)23-8-6-17(7-9-23)18-5-4-16(11-19(18)21)13-26(24)25/h4-5,10,12,17,26H,3,6-9,13H2,1-2H3. The minimum atomic E-state index is -2.56. The van der Waals surface area contributed by atoms with Crippen LogP contribution >= 0.6 is 0 Å². The minimum Gasteiger partial charge on any atom is -0.356 e. The lowest BCUT2D eigenvalue weighted by Gasteiger charge is -2.34. The van der Waals surface area contributed by atoms with E-state index in [9.17, 15) is 12.8 Å². The molecule has 1 aromatic heterocycles. The summed E-state index contributed by atoms with van der Waals surface area (Å²) in [5.74, 6) is 0.568. The van der Waals surface area contributed by atoms with Gasteiger partial charge < -0.3 is 4.90 Å². The number of aryl methyl sites for hydroxylation is 2. The number of rotatable bonds is 5. The van der Waals surface area contributed by atoms with Gasteiger partial charge in [-0.1, -0.05) is 25.1 Å². The maximum Gasteiger partial charge on any atom is 0.144 e. The predicted octanol–water partition coefficient (Wildman–Crippen LogP) is 3.39. The van der Waals surface area contributed by atoms with Crippen LogP contribution in [-0.2, 0) is 22.9 Å². The first kappa shape index (κ1) is 18.8. The topological polar surface area (TPSA) is 50.3 Å². The van der Waals surface area contributed by atoms with Crippen LogP contribution in [0.4, 0.5) is 10.2 Å². The first-order chi connectivity index (χ1) is 12.5. The highest BCUT2D eigenvalue weighted by Crippen LogP contribution is 2.32. The molecule has 4 nitrogen and oxygen atoms in total. The van der Waals surface area contributed by atoms with Gasteiger partial charge in [0.05, 0.1) is 5.75 Å². The second kappa shape index (κ2) is 8.16. The number of aromatic nitrogens is 1. The first-order valence-corrected chi connectivity index (χ1v) is 10.4. The fraction of sp³-hybridized carbons (Fsp3) is 0.450. The molecule has 1 fully saturated rings. The molecule has 0 amide bonds. The summed E-state index contributed by atoms with van der Waals surface area (Å²) in [6, 6.07) is 8.17. The molecule has 26 heavy (non-hydrogen) atoms. The zero-order chi connectivity index (χ0) is 18.7. The van der Waals surface area contributed by atoms with Gasteiger partial charge in [-0.25, -0.2) is 17.8 Å². The number of benzene rings is 1. The third kappa shape index (κ3) is 4.23. The lowest BCUT2D eigenvalue weighted by Crippen LogP contribution is -2.34. The monoisotopic (exact) mass is 375 g/mol. The summed E-state index contributed by atoms with van der Waals surface area (Å²) in [5, 5.41) is 0. The molecule has 0 spiro atoms. The van der Waals surface area contributed by atoms with E-state index in [2.05, 4.69) is 35.9 Å². The number of hydrogen-bond acceptors (Lipinski definition) is 4. The SMILES string of the molecule is CCc1cnc(N2CCC(c3ccc(C[SH](=O)=O)[c]c3F)CC2)c(C)c1. The Kier molecular flexibility index (Phi) is 5.91. The number of piperidine rings is 1. The van der Waals surface area contributed by atoms with Crippen molar-refractivity contribution in [1.29, 1.82) is 0 Å². The molecule has 0 atom stereocenters. The molecule has 1 aliphatic heterocycles. The molecule has 1 radical (unpaired) electrons. The van der Waals surface area contributed by atoms with Crippen LogP contribution in [0.5, 0.6) is 0 Å². The van der Waals surface area contributed by atoms with E-state index in [0.29, 0.717) is 11.1 Å². The van der Waals surface area contributed by atoms with Gasteiger partial charge >= 0.3 is 0 Å². The van der Waals surface area contributed by atoms with Crippen molar-refractivity contribution in [3.63, 3.8) is 0 Å². The maximum atomic E-state index is 14.4. The third-order valence-electron chi connectivity index (χ3n) is 5.04. The predicted molar refractivity (Wildman–Crippen MR) is 102 cm³/mol. The highest BCUT2D eigenvalue weighted by atomic mass is 32.2. The average Bonchev–Trinajstić information content (AvgIpc) is 2.61. The molecule has 1 saturated heterocycles. The zero-order valence-electron chi connectivity index (χ0n) is 15.2. The fourth-order valence-electron chi connectivity index (χ4n) is 3.62. The minimum absolute atomic E-state index is 0.132. The number of nitrogens with zero attached hydrogens (tertiary/aromatic N) is 2. The normalized spacial score (nSPS) is 15.6. The van der Waals surface area contributed by atoms with Crippen molar-refractivity contribution in [2.24, 2.45) is 0 Å². The van der Waals surface area contributed by atoms with Crippen LogP contribution in [0.2, 0.25) is 0 Å². The summed E-state index contributed by atoms with van der Waals surface area (Å²) >= 11 is 0. The van der Waals surface area contributed by atoms with Crippen LogP contribution in [0, 0.1) is 18.8 Å². The van der Waals surface area contributed by atoms with Gasteiger partial charge in [-0.2, -0.15) is 0 Å². The van der Waals surface area contributed by atoms with E-state index < -0.39 is 16.5 Å². The number of thiol groups is 1. The Morgan fingerprint density at radius 2 is 2.04 bits per heavy atom. The van der Waals surface area contributed by atoms with E-state index in [0.717, 1.165) is 38.2 Å². The Morgan fingerprint density at radius 1 is 1.31 bits per heavy atom. The van der Waals surface area contributed by atoms with E-state index >= 15 is 0 Å². The van der Waals surface area contributed by atoms with E-state index in [1.807, 2.05) is 6.20 Å². The number of halogens is 1. The zero-order valence-corrected chi connectivity index (χ0v) is 16.1. The molecular formula is C20H24FN2O2S.